The van der Waals surface area contributed by atoms with Crippen molar-refractivity contribution in [3.8, 4) is 5.75 Å². The SMILES string of the molecule is Cc1ncc(C(=O)Nc2ccc(Cl)c(O)c2)s1. The van der Waals surface area contributed by atoms with Crippen LogP contribution in [0.5, 0.6) is 5.75 Å². The van der Waals surface area contributed by atoms with Crippen LogP contribution in [-0.4, -0.2) is 16.0 Å². The Labute approximate surface area is 107 Å². The van der Waals surface area contributed by atoms with Crippen LogP contribution in [0, 0.1) is 6.92 Å². The molecule has 6 heteroatoms. The lowest BCUT2D eigenvalue weighted by molar-refractivity contribution is 0.103. The lowest BCUT2D eigenvalue weighted by atomic mass is 10.3. The van der Waals surface area contributed by atoms with Gasteiger partial charge in [0.05, 0.1) is 16.2 Å². The molecule has 0 spiro atoms. The zero-order valence-corrected chi connectivity index (χ0v) is 10.5. The smallest absolute Gasteiger partial charge is 0.267 e. The zero-order chi connectivity index (χ0) is 12.4. The first-order chi connectivity index (χ1) is 8.06. The largest absolute Gasteiger partial charge is 0.506 e. The number of aryl methyl sites for hydroxylation is 1. The molecule has 2 aromatic rings. The van der Waals surface area contributed by atoms with Gasteiger partial charge in [-0.1, -0.05) is 11.6 Å². The fourth-order valence-electron chi connectivity index (χ4n) is 1.25. The van der Waals surface area contributed by atoms with Gasteiger partial charge in [0.25, 0.3) is 5.91 Å². The molecule has 0 unspecified atom stereocenters. The molecule has 0 bridgehead atoms. The second-order valence-corrected chi connectivity index (χ2v) is 5.01. The molecule has 88 valence electrons. The van der Waals surface area contributed by atoms with Gasteiger partial charge in [-0.15, -0.1) is 11.3 Å². The molecule has 0 atom stereocenters. The highest BCUT2D eigenvalue weighted by atomic mass is 35.5. The van der Waals surface area contributed by atoms with Gasteiger partial charge in [-0.2, -0.15) is 0 Å². The second kappa shape index (κ2) is 4.73. The number of benzene rings is 1. The maximum absolute atomic E-state index is 11.8. The molecule has 1 amide bonds. The lowest BCUT2D eigenvalue weighted by Crippen LogP contribution is -2.09. The van der Waals surface area contributed by atoms with Crippen molar-refractivity contribution >= 4 is 34.5 Å². The molecule has 0 fully saturated rings. The first kappa shape index (κ1) is 11.9. The number of hydrogen-bond acceptors (Lipinski definition) is 4. The first-order valence-corrected chi connectivity index (χ1v) is 5.98. The number of halogens is 1. The van der Waals surface area contributed by atoms with E-state index in [1.54, 1.807) is 6.07 Å². The van der Waals surface area contributed by atoms with Crippen molar-refractivity contribution in [2.75, 3.05) is 5.32 Å². The maximum Gasteiger partial charge on any atom is 0.267 e. The van der Waals surface area contributed by atoms with Crippen LogP contribution in [-0.2, 0) is 0 Å². The summed E-state index contributed by atoms with van der Waals surface area (Å²) < 4.78 is 0. The quantitative estimate of drug-likeness (QED) is 0.880. The molecule has 1 heterocycles. The fourth-order valence-corrected chi connectivity index (χ4v) is 2.04. The van der Waals surface area contributed by atoms with Crippen LogP contribution in [0.2, 0.25) is 5.02 Å². The van der Waals surface area contributed by atoms with E-state index in [-0.39, 0.29) is 16.7 Å². The highest BCUT2D eigenvalue weighted by Crippen LogP contribution is 2.26. The topological polar surface area (TPSA) is 62.2 Å². The molecule has 2 rings (SSSR count). The zero-order valence-electron chi connectivity index (χ0n) is 8.90. The minimum absolute atomic E-state index is 0.0649. The summed E-state index contributed by atoms with van der Waals surface area (Å²) in [4.78, 5) is 16.3. The van der Waals surface area contributed by atoms with E-state index in [4.69, 9.17) is 11.6 Å². The van der Waals surface area contributed by atoms with Gasteiger partial charge in [0.1, 0.15) is 10.6 Å². The van der Waals surface area contributed by atoms with E-state index in [1.807, 2.05) is 6.92 Å². The van der Waals surface area contributed by atoms with Crippen molar-refractivity contribution in [1.29, 1.82) is 0 Å². The number of thiazole rings is 1. The number of phenols is 1. The lowest BCUT2D eigenvalue weighted by Gasteiger charge is -2.04. The first-order valence-electron chi connectivity index (χ1n) is 4.78. The number of amides is 1. The van der Waals surface area contributed by atoms with Gasteiger partial charge >= 0.3 is 0 Å². The minimum atomic E-state index is -0.252. The van der Waals surface area contributed by atoms with E-state index in [9.17, 15) is 9.90 Å². The molecule has 0 radical (unpaired) electrons. The molecule has 0 aliphatic heterocycles. The van der Waals surface area contributed by atoms with Gasteiger partial charge in [0, 0.05) is 11.8 Å². The summed E-state index contributed by atoms with van der Waals surface area (Å²) in [5.41, 5.74) is 0.489. The molecular formula is C11H9ClN2O2S. The molecule has 0 aliphatic carbocycles. The number of carbonyl (C=O) groups excluding carboxylic acids is 1. The summed E-state index contributed by atoms with van der Waals surface area (Å²) >= 11 is 6.98. The summed E-state index contributed by atoms with van der Waals surface area (Å²) in [5, 5.41) is 13.1. The normalized spacial score (nSPS) is 10.2. The van der Waals surface area contributed by atoms with Crippen molar-refractivity contribution in [3.05, 3.63) is 39.3 Å². The van der Waals surface area contributed by atoms with Crippen LogP contribution >= 0.6 is 22.9 Å². The van der Waals surface area contributed by atoms with Gasteiger partial charge in [-0.3, -0.25) is 4.79 Å². The number of anilines is 1. The molecule has 4 nitrogen and oxygen atoms in total. The molecule has 0 aliphatic rings. The van der Waals surface area contributed by atoms with Crippen LogP contribution in [0.15, 0.2) is 24.4 Å². The van der Waals surface area contributed by atoms with Gasteiger partial charge in [-0.25, -0.2) is 4.98 Å². The number of hydrogen-bond donors (Lipinski definition) is 2. The van der Waals surface area contributed by atoms with E-state index >= 15 is 0 Å². The average molecular weight is 269 g/mol. The van der Waals surface area contributed by atoms with E-state index in [0.717, 1.165) is 5.01 Å². The number of phenolic OH excluding ortho intramolecular Hbond substituents is 1. The highest BCUT2D eigenvalue weighted by Gasteiger charge is 2.10. The van der Waals surface area contributed by atoms with Crippen LogP contribution < -0.4 is 5.32 Å². The van der Waals surface area contributed by atoms with Crippen molar-refractivity contribution in [2.24, 2.45) is 0 Å². The number of aromatic hydroxyl groups is 1. The molecule has 17 heavy (non-hydrogen) atoms. The Morgan fingerprint density at radius 3 is 2.88 bits per heavy atom. The number of nitrogens with zero attached hydrogens (tertiary/aromatic N) is 1. The Hall–Kier alpha value is -1.59. The monoisotopic (exact) mass is 268 g/mol. The summed E-state index contributed by atoms with van der Waals surface area (Å²) in [5.74, 6) is -0.317. The Bertz CT molecular complexity index is 568. The van der Waals surface area contributed by atoms with Gasteiger partial charge in [0.15, 0.2) is 0 Å². The van der Waals surface area contributed by atoms with Crippen molar-refractivity contribution in [3.63, 3.8) is 0 Å². The summed E-state index contributed by atoms with van der Waals surface area (Å²) in [6, 6.07) is 4.53. The summed E-state index contributed by atoms with van der Waals surface area (Å²) in [6.45, 7) is 1.83. The molecule has 1 aromatic carbocycles. The highest BCUT2D eigenvalue weighted by molar-refractivity contribution is 7.13. The van der Waals surface area contributed by atoms with E-state index in [1.165, 1.54) is 29.7 Å². The average Bonchev–Trinajstić information content (AvgIpc) is 2.70. The Morgan fingerprint density at radius 1 is 1.53 bits per heavy atom. The molecule has 1 aromatic heterocycles. The molecule has 0 saturated carbocycles. The van der Waals surface area contributed by atoms with Crippen LogP contribution in [0.25, 0.3) is 0 Å². The third-order valence-electron chi connectivity index (χ3n) is 2.05. The van der Waals surface area contributed by atoms with E-state index < -0.39 is 0 Å². The molecular weight excluding hydrogens is 260 g/mol. The second-order valence-electron chi connectivity index (χ2n) is 3.36. The number of aromatic nitrogens is 1. The Kier molecular flexibility index (Phi) is 3.31. The van der Waals surface area contributed by atoms with Gasteiger partial charge < -0.3 is 10.4 Å². The van der Waals surface area contributed by atoms with Crippen molar-refractivity contribution < 1.29 is 9.90 Å². The van der Waals surface area contributed by atoms with E-state index in [2.05, 4.69) is 10.3 Å². The van der Waals surface area contributed by atoms with Crippen LogP contribution in [0.4, 0.5) is 5.69 Å². The standard InChI is InChI=1S/C11H9ClN2O2S/c1-6-13-5-10(17-6)11(16)14-7-2-3-8(12)9(15)4-7/h2-5,15H,1H3,(H,14,16). The maximum atomic E-state index is 11.8. The number of nitrogens with one attached hydrogen (secondary N) is 1. The number of rotatable bonds is 2. The number of carbonyl (C=O) groups is 1. The van der Waals surface area contributed by atoms with Gasteiger partial charge in [0.2, 0.25) is 0 Å². The fraction of sp³-hybridized carbons (Fsp3) is 0.0909. The predicted molar refractivity (Wildman–Crippen MR) is 67.9 cm³/mol. The Balaban J connectivity index is 2.15. The third-order valence-corrected chi connectivity index (χ3v) is 3.28. The predicted octanol–water partition coefficient (Wildman–Crippen LogP) is 3.06. The van der Waals surface area contributed by atoms with Gasteiger partial charge in [-0.05, 0) is 19.1 Å². The Morgan fingerprint density at radius 2 is 2.29 bits per heavy atom. The molecule has 0 saturated heterocycles. The van der Waals surface area contributed by atoms with Crippen molar-refractivity contribution in [2.45, 2.75) is 6.92 Å². The van der Waals surface area contributed by atoms with E-state index in [0.29, 0.717) is 10.6 Å². The summed E-state index contributed by atoms with van der Waals surface area (Å²) in [6.07, 6.45) is 1.52. The van der Waals surface area contributed by atoms with Crippen molar-refractivity contribution in [1.82, 2.24) is 4.98 Å². The summed E-state index contributed by atoms with van der Waals surface area (Å²) in [7, 11) is 0. The van der Waals surface area contributed by atoms with Crippen LogP contribution in [0.3, 0.4) is 0 Å². The minimum Gasteiger partial charge on any atom is -0.506 e. The van der Waals surface area contributed by atoms with Crippen LogP contribution in [0.1, 0.15) is 14.7 Å². The molecule has 2 N–H and O–H groups in total. The third kappa shape index (κ3) is 2.75.